The minimum absolute atomic E-state index is 0.218. The van der Waals surface area contributed by atoms with E-state index in [1.165, 1.54) is 12.3 Å². The van der Waals surface area contributed by atoms with E-state index >= 15 is 0 Å². The van der Waals surface area contributed by atoms with Gasteiger partial charge in [0.25, 0.3) is 6.43 Å². The highest BCUT2D eigenvalue weighted by atomic mass is 19.3. The van der Waals surface area contributed by atoms with Crippen molar-refractivity contribution in [2.45, 2.75) is 19.4 Å². The van der Waals surface area contributed by atoms with Crippen LogP contribution in [0.25, 0.3) is 0 Å². The molecule has 1 rings (SSSR count). The minimum atomic E-state index is -2.52. The van der Waals surface area contributed by atoms with Crippen LogP contribution in [0.15, 0.2) is 18.3 Å². The lowest BCUT2D eigenvalue weighted by Crippen LogP contribution is -2.06. The fraction of sp³-hybridized carbons (Fsp3) is 0.375. The SMILES string of the molecule is C[C@@H](N)c1ccnc(C(F)F)c1. The second-order valence-electron chi connectivity index (χ2n) is 2.60. The smallest absolute Gasteiger partial charge is 0.280 e. The number of hydrogen-bond donors (Lipinski definition) is 1. The van der Waals surface area contributed by atoms with Crippen molar-refractivity contribution in [2.24, 2.45) is 5.73 Å². The van der Waals surface area contributed by atoms with Crippen molar-refractivity contribution in [2.75, 3.05) is 0 Å². The number of rotatable bonds is 2. The Balaban J connectivity index is 2.96. The molecule has 1 atom stereocenters. The summed E-state index contributed by atoms with van der Waals surface area (Å²) in [6, 6.07) is 2.73. The van der Waals surface area contributed by atoms with E-state index in [-0.39, 0.29) is 11.7 Å². The Morgan fingerprint density at radius 2 is 2.17 bits per heavy atom. The third-order valence-electron chi connectivity index (χ3n) is 1.55. The molecule has 12 heavy (non-hydrogen) atoms. The van der Waals surface area contributed by atoms with Crippen molar-refractivity contribution < 1.29 is 8.78 Å². The summed E-state index contributed by atoms with van der Waals surface area (Å²) in [5.74, 6) is 0. The van der Waals surface area contributed by atoms with Crippen LogP contribution in [0.5, 0.6) is 0 Å². The van der Waals surface area contributed by atoms with Crippen LogP contribution in [-0.4, -0.2) is 4.98 Å². The summed E-state index contributed by atoms with van der Waals surface area (Å²) in [7, 11) is 0. The van der Waals surface area contributed by atoms with Gasteiger partial charge in [0.15, 0.2) is 0 Å². The molecule has 66 valence electrons. The lowest BCUT2D eigenvalue weighted by molar-refractivity contribution is 0.146. The number of halogens is 2. The molecule has 0 aliphatic carbocycles. The summed E-state index contributed by atoms with van der Waals surface area (Å²) in [6.45, 7) is 1.74. The maximum atomic E-state index is 12.1. The Kier molecular flexibility index (Phi) is 2.70. The second-order valence-corrected chi connectivity index (χ2v) is 2.60. The molecule has 0 unspecified atom stereocenters. The zero-order valence-electron chi connectivity index (χ0n) is 6.67. The lowest BCUT2D eigenvalue weighted by atomic mass is 10.1. The van der Waals surface area contributed by atoms with Crippen LogP contribution in [0, 0.1) is 0 Å². The summed E-state index contributed by atoms with van der Waals surface area (Å²) in [4.78, 5) is 3.52. The third kappa shape index (κ3) is 1.98. The molecule has 0 radical (unpaired) electrons. The normalized spacial score (nSPS) is 13.4. The Bertz CT molecular complexity index is 238. The van der Waals surface area contributed by atoms with E-state index < -0.39 is 6.43 Å². The van der Waals surface area contributed by atoms with Crippen LogP contribution in [0.1, 0.15) is 30.6 Å². The van der Waals surface area contributed by atoms with Gasteiger partial charge in [-0.2, -0.15) is 0 Å². The van der Waals surface area contributed by atoms with Crippen LogP contribution in [0.2, 0.25) is 0 Å². The van der Waals surface area contributed by atoms with Crippen molar-refractivity contribution in [1.82, 2.24) is 4.98 Å². The second kappa shape index (κ2) is 3.58. The van der Waals surface area contributed by atoms with Crippen molar-refractivity contribution in [3.8, 4) is 0 Å². The molecular formula is C8H10F2N2. The van der Waals surface area contributed by atoms with Gasteiger partial charge in [-0.15, -0.1) is 0 Å². The van der Waals surface area contributed by atoms with Gasteiger partial charge in [0.05, 0.1) is 0 Å². The molecule has 0 aromatic carbocycles. The van der Waals surface area contributed by atoms with E-state index in [4.69, 9.17) is 5.73 Å². The monoisotopic (exact) mass is 172 g/mol. The molecule has 2 N–H and O–H groups in total. The number of hydrogen-bond acceptors (Lipinski definition) is 2. The molecule has 0 amide bonds. The first-order chi connectivity index (χ1) is 5.61. The van der Waals surface area contributed by atoms with Crippen molar-refractivity contribution in [3.63, 3.8) is 0 Å². The molecule has 0 bridgehead atoms. The van der Waals surface area contributed by atoms with Gasteiger partial charge in [-0.1, -0.05) is 0 Å². The maximum Gasteiger partial charge on any atom is 0.280 e. The zero-order valence-corrected chi connectivity index (χ0v) is 6.67. The molecule has 0 saturated heterocycles. The highest BCUT2D eigenvalue weighted by Gasteiger charge is 2.09. The summed E-state index contributed by atoms with van der Waals surface area (Å²) < 4.78 is 24.2. The van der Waals surface area contributed by atoms with Crippen LogP contribution in [0.4, 0.5) is 8.78 Å². The Hall–Kier alpha value is -1.03. The topological polar surface area (TPSA) is 38.9 Å². The van der Waals surface area contributed by atoms with E-state index in [2.05, 4.69) is 4.98 Å². The van der Waals surface area contributed by atoms with E-state index in [1.54, 1.807) is 13.0 Å². The van der Waals surface area contributed by atoms with Gasteiger partial charge in [-0.3, -0.25) is 4.98 Å². The minimum Gasteiger partial charge on any atom is -0.324 e. The van der Waals surface area contributed by atoms with Crippen molar-refractivity contribution in [3.05, 3.63) is 29.6 Å². The molecule has 4 heteroatoms. The van der Waals surface area contributed by atoms with Crippen LogP contribution >= 0.6 is 0 Å². The number of alkyl halides is 2. The number of pyridine rings is 1. The van der Waals surface area contributed by atoms with Gasteiger partial charge in [0.1, 0.15) is 5.69 Å². The van der Waals surface area contributed by atoms with Gasteiger partial charge >= 0.3 is 0 Å². The first-order valence-corrected chi connectivity index (χ1v) is 3.61. The van der Waals surface area contributed by atoms with Gasteiger partial charge < -0.3 is 5.73 Å². The molecular weight excluding hydrogens is 162 g/mol. The Labute approximate surface area is 69.4 Å². The molecule has 0 spiro atoms. The lowest BCUT2D eigenvalue weighted by Gasteiger charge is -2.06. The average molecular weight is 172 g/mol. The Morgan fingerprint density at radius 1 is 1.50 bits per heavy atom. The van der Waals surface area contributed by atoms with E-state index in [9.17, 15) is 8.78 Å². The van der Waals surface area contributed by atoms with Gasteiger partial charge in [0.2, 0.25) is 0 Å². The van der Waals surface area contributed by atoms with E-state index in [0.29, 0.717) is 5.56 Å². The molecule has 0 saturated carbocycles. The predicted molar refractivity (Wildman–Crippen MR) is 41.8 cm³/mol. The average Bonchev–Trinajstić information content (AvgIpc) is 2.04. The van der Waals surface area contributed by atoms with Crippen LogP contribution < -0.4 is 5.73 Å². The highest BCUT2D eigenvalue weighted by Crippen LogP contribution is 2.18. The number of nitrogens with zero attached hydrogens (tertiary/aromatic N) is 1. The number of nitrogens with two attached hydrogens (primary N) is 1. The fourth-order valence-electron chi connectivity index (χ4n) is 0.868. The fourth-order valence-corrected chi connectivity index (χ4v) is 0.868. The first-order valence-electron chi connectivity index (χ1n) is 3.61. The molecule has 1 aromatic rings. The molecule has 0 fully saturated rings. The van der Waals surface area contributed by atoms with Crippen molar-refractivity contribution in [1.29, 1.82) is 0 Å². The largest absolute Gasteiger partial charge is 0.324 e. The third-order valence-corrected chi connectivity index (χ3v) is 1.55. The number of aromatic nitrogens is 1. The first kappa shape index (κ1) is 9.06. The molecule has 0 aliphatic heterocycles. The summed E-state index contributed by atoms with van der Waals surface area (Å²) in [5.41, 5.74) is 5.97. The highest BCUT2D eigenvalue weighted by molar-refractivity contribution is 5.19. The summed E-state index contributed by atoms with van der Waals surface area (Å²) in [6.07, 6.45) is -1.18. The molecule has 0 aliphatic rings. The Morgan fingerprint density at radius 3 is 2.67 bits per heavy atom. The van der Waals surface area contributed by atoms with Gasteiger partial charge in [-0.25, -0.2) is 8.78 Å². The zero-order chi connectivity index (χ0) is 9.14. The van der Waals surface area contributed by atoms with Gasteiger partial charge in [0, 0.05) is 12.2 Å². The summed E-state index contributed by atoms with van der Waals surface area (Å²) >= 11 is 0. The quantitative estimate of drug-likeness (QED) is 0.741. The maximum absolute atomic E-state index is 12.1. The molecule has 2 nitrogen and oxygen atoms in total. The van der Waals surface area contributed by atoms with E-state index in [0.717, 1.165) is 0 Å². The summed E-state index contributed by atoms with van der Waals surface area (Å²) in [5, 5.41) is 0. The molecule has 1 aromatic heterocycles. The van der Waals surface area contributed by atoms with Crippen LogP contribution in [0.3, 0.4) is 0 Å². The van der Waals surface area contributed by atoms with Crippen LogP contribution in [-0.2, 0) is 0 Å². The predicted octanol–water partition coefficient (Wildman–Crippen LogP) is 2.04. The van der Waals surface area contributed by atoms with Crippen molar-refractivity contribution >= 4 is 0 Å². The van der Waals surface area contributed by atoms with Gasteiger partial charge in [-0.05, 0) is 24.6 Å². The molecule has 1 heterocycles. The van der Waals surface area contributed by atoms with E-state index in [1.807, 2.05) is 0 Å². The standard InChI is InChI=1S/C8H10F2N2/c1-5(11)6-2-3-12-7(4-6)8(9)10/h2-5,8H,11H2,1H3/t5-/m1/s1.